The van der Waals surface area contributed by atoms with E-state index in [-0.39, 0.29) is 12.5 Å². The Morgan fingerprint density at radius 3 is 2.80 bits per heavy atom. The van der Waals surface area contributed by atoms with Crippen molar-refractivity contribution in [1.82, 2.24) is 5.48 Å². The highest BCUT2D eigenvalue weighted by atomic mass is 16.6. The van der Waals surface area contributed by atoms with Crippen molar-refractivity contribution in [3.8, 4) is 0 Å². The summed E-state index contributed by atoms with van der Waals surface area (Å²) in [6, 6.07) is 0. The molecule has 1 amide bonds. The Kier molecular flexibility index (Phi) is 6.11. The van der Waals surface area contributed by atoms with Gasteiger partial charge in [-0.3, -0.25) is 9.63 Å². The van der Waals surface area contributed by atoms with Gasteiger partial charge in [-0.1, -0.05) is 0 Å². The Morgan fingerprint density at radius 1 is 1.60 bits per heavy atom. The van der Waals surface area contributed by atoms with Gasteiger partial charge >= 0.3 is 0 Å². The van der Waals surface area contributed by atoms with Gasteiger partial charge in [-0.2, -0.15) is 0 Å². The van der Waals surface area contributed by atoms with Crippen LogP contribution in [0.3, 0.4) is 0 Å². The van der Waals surface area contributed by atoms with Gasteiger partial charge < -0.3 is 5.11 Å². The van der Waals surface area contributed by atoms with Gasteiger partial charge in [0.2, 0.25) is 5.91 Å². The van der Waals surface area contributed by atoms with E-state index in [9.17, 15) is 4.79 Å². The van der Waals surface area contributed by atoms with Gasteiger partial charge in [0.1, 0.15) is 0 Å². The van der Waals surface area contributed by atoms with Crippen molar-refractivity contribution in [2.45, 2.75) is 19.3 Å². The molecule has 0 heterocycles. The number of hydrogen-bond donors (Lipinski definition) is 2. The summed E-state index contributed by atoms with van der Waals surface area (Å²) in [6.45, 7) is 0.139. The number of aliphatic hydroxyl groups is 1. The van der Waals surface area contributed by atoms with Gasteiger partial charge in [-0.15, -0.1) is 0 Å². The number of aliphatic hydroxyl groups excluding tert-OH is 1. The Bertz CT molecular complexity index is 95.0. The number of carbonyl (C=O) groups is 1. The molecule has 0 aromatic rings. The van der Waals surface area contributed by atoms with Gasteiger partial charge in [0.05, 0.1) is 7.11 Å². The maximum absolute atomic E-state index is 10.6. The largest absolute Gasteiger partial charge is 0.396 e. The normalized spacial score (nSPS) is 9.40. The summed E-state index contributed by atoms with van der Waals surface area (Å²) >= 11 is 0. The van der Waals surface area contributed by atoms with Gasteiger partial charge in [0, 0.05) is 13.0 Å². The van der Waals surface area contributed by atoms with Crippen molar-refractivity contribution < 1.29 is 14.7 Å². The molecule has 0 radical (unpaired) electrons. The van der Waals surface area contributed by atoms with Crippen molar-refractivity contribution in [3.63, 3.8) is 0 Å². The first-order chi connectivity index (χ1) is 4.81. The van der Waals surface area contributed by atoms with Crippen LogP contribution >= 0.6 is 0 Å². The molecule has 0 aromatic heterocycles. The summed E-state index contributed by atoms with van der Waals surface area (Å²) in [5, 5.41) is 8.35. The lowest BCUT2D eigenvalue weighted by molar-refractivity contribution is -0.131. The summed E-state index contributed by atoms with van der Waals surface area (Å²) in [6.07, 6.45) is 1.78. The van der Waals surface area contributed by atoms with Crippen molar-refractivity contribution in [2.75, 3.05) is 13.7 Å². The van der Waals surface area contributed by atoms with Gasteiger partial charge in [-0.05, 0) is 12.8 Å². The fourth-order valence-electron chi connectivity index (χ4n) is 0.562. The number of hydroxylamine groups is 1. The molecule has 0 aromatic carbocycles. The van der Waals surface area contributed by atoms with Crippen LogP contribution in [-0.2, 0) is 9.63 Å². The minimum atomic E-state index is -0.143. The number of nitrogens with one attached hydrogen (secondary N) is 1. The lowest BCUT2D eigenvalue weighted by atomic mass is 10.2. The molecule has 0 fully saturated rings. The third-order valence-corrected chi connectivity index (χ3v) is 1.03. The van der Waals surface area contributed by atoms with Crippen LogP contribution in [-0.4, -0.2) is 24.7 Å². The second-order valence-corrected chi connectivity index (χ2v) is 1.91. The van der Waals surface area contributed by atoms with E-state index < -0.39 is 0 Å². The second kappa shape index (κ2) is 6.51. The summed E-state index contributed by atoms with van der Waals surface area (Å²) in [5.41, 5.74) is 2.18. The van der Waals surface area contributed by atoms with Crippen molar-refractivity contribution in [3.05, 3.63) is 0 Å². The molecule has 2 N–H and O–H groups in total. The van der Waals surface area contributed by atoms with Crippen LogP contribution < -0.4 is 5.48 Å². The van der Waals surface area contributed by atoms with E-state index in [0.29, 0.717) is 19.3 Å². The zero-order valence-electron chi connectivity index (χ0n) is 6.09. The molecule has 0 aliphatic carbocycles. The lowest BCUT2D eigenvalue weighted by Crippen LogP contribution is -2.21. The summed E-state index contributed by atoms with van der Waals surface area (Å²) < 4.78 is 0. The number of unbranched alkanes of at least 4 members (excludes halogenated alkanes) is 1. The highest BCUT2D eigenvalue weighted by molar-refractivity contribution is 5.74. The molecule has 0 bridgehead atoms. The lowest BCUT2D eigenvalue weighted by Gasteiger charge is -1.99. The minimum absolute atomic E-state index is 0.139. The first-order valence-corrected chi connectivity index (χ1v) is 3.24. The van der Waals surface area contributed by atoms with Crippen molar-refractivity contribution in [2.24, 2.45) is 0 Å². The van der Waals surface area contributed by atoms with E-state index in [2.05, 4.69) is 10.3 Å². The summed E-state index contributed by atoms with van der Waals surface area (Å²) in [5.74, 6) is -0.143. The first-order valence-electron chi connectivity index (χ1n) is 3.24. The molecular weight excluding hydrogens is 134 g/mol. The summed E-state index contributed by atoms with van der Waals surface area (Å²) in [4.78, 5) is 15.0. The van der Waals surface area contributed by atoms with E-state index >= 15 is 0 Å². The molecule has 0 unspecified atom stereocenters. The topological polar surface area (TPSA) is 58.6 Å². The molecule has 0 saturated heterocycles. The second-order valence-electron chi connectivity index (χ2n) is 1.91. The SMILES string of the molecule is CONC(=O)CCCCO. The van der Waals surface area contributed by atoms with E-state index in [1.807, 2.05) is 0 Å². The highest BCUT2D eigenvalue weighted by Gasteiger charge is 1.97. The van der Waals surface area contributed by atoms with Crippen molar-refractivity contribution in [1.29, 1.82) is 0 Å². The first kappa shape index (κ1) is 9.39. The van der Waals surface area contributed by atoms with E-state index in [0.717, 1.165) is 0 Å². The zero-order chi connectivity index (χ0) is 7.82. The van der Waals surface area contributed by atoms with Gasteiger partial charge in [-0.25, -0.2) is 5.48 Å². The summed E-state index contributed by atoms with van der Waals surface area (Å²) in [7, 11) is 1.39. The predicted molar refractivity (Wildman–Crippen MR) is 36.1 cm³/mol. The van der Waals surface area contributed by atoms with Crippen LogP contribution in [0.4, 0.5) is 0 Å². The average molecular weight is 147 g/mol. The quantitative estimate of drug-likeness (QED) is 0.419. The molecular formula is C6H13NO3. The smallest absolute Gasteiger partial charge is 0.243 e. The van der Waals surface area contributed by atoms with E-state index in [1.54, 1.807) is 0 Å². The molecule has 0 rings (SSSR count). The molecule has 0 saturated carbocycles. The van der Waals surface area contributed by atoms with Crippen LogP contribution in [0, 0.1) is 0 Å². The predicted octanol–water partition coefficient (Wildman–Crippen LogP) is -0.173. The number of rotatable bonds is 5. The molecule has 10 heavy (non-hydrogen) atoms. The maximum atomic E-state index is 10.6. The van der Waals surface area contributed by atoms with Crippen molar-refractivity contribution >= 4 is 5.91 Å². The monoisotopic (exact) mass is 147 g/mol. The average Bonchev–Trinajstić information content (AvgIpc) is 1.89. The molecule has 4 heteroatoms. The maximum Gasteiger partial charge on any atom is 0.243 e. The van der Waals surface area contributed by atoms with Crippen LogP contribution in [0.5, 0.6) is 0 Å². The Labute approximate surface area is 60.1 Å². The van der Waals surface area contributed by atoms with Crippen LogP contribution in [0.2, 0.25) is 0 Å². The molecule has 0 aliphatic heterocycles. The standard InChI is InChI=1S/C6H13NO3/c1-10-7-6(9)4-2-3-5-8/h8H,2-5H2,1H3,(H,7,9). The molecule has 0 atom stereocenters. The molecule has 4 nitrogen and oxygen atoms in total. The van der Waals surface area contributed by atoms with Gasteiger partial charge in [0.25, 0.3) is 0 Å². The van der Waals surface area contributed by atoms with Crippen LogP contribution in [0.15, 0.2) is 0 Å². The fourth-order valence-corrected chi connectivity index (χ4v) is 0.562. The Balaban J connectivity index is 3.05. The Morgan fingerprint density at radius 2 is 2.30 bits per heavy atom. The molecule has 60 valence electrons. The number of carbonyl (C=O) groups excluding carboxylic acids is 1. The molecule has 0 aliphatic rings. The van der Waals surface area contributed by atoms with Gasteiger partial charge in [0.15, 0.2) is 0 Å². The third-order valence-electron chi connectivity index (χ3n) is 1.03. The van der Waals surface area contributed by atoms with E-state index in [4.69, 9.17) is 5.11 Å². The highest BCUT2D eigenvalue weighted by Crippen LogP contribution is 1.92. The minimum Gasteiger partial charge on any atom is -0.396 e. The fraction of sp³-hybridized carbons (Fsp3) is 0.833. The number of hydrogen-bond acceptors (Lipinski definition) is 3. The third kappa shape index (κ3) is 5.53. The number of amides is 1. The van der Waals surface area contributed by atoms with Crippen LogP contribution in [0.1, 0.15) is 19.3 Å². The Hall–Kier alpha value is -0.610. The zero-order valence-corrected chi connectivity index (χ0v) is 6.09. The van der Waals surface area contributed by atoms with Crippen LogP contribution in [0.25, 0.3) is 0 Å². The van der Waals surface area contributed by atoms with E-state index in [1.165, 1.54) is 7.11 Å². The molecule has 0 spiro atoms.